The minimum atomic E-state index is -0.587. The summed E-state index contributed by atoms with van der Waals surface area (Å²) >= 11 is 0. The van der Waals surface area contributed by atoms with Gasteiger partial charge in [0.2, 0.25) is 11.8 Å². The molecule has 0 radical (unpaired) electrons. The normalized spacial score (nSPS) is 13.3. The lowest BCUT2D eigenvalue weighted by molar-refractivity contribution is -0.132. The molecule has 0 heterocycles. The van der Waals surface area contributed by atoms with E-state index in [1.807, 2.05) is 48.3 Å². The van der Waals surface area contributed by atoms with Crippen LogP contribution in [0.2, 0.25) is 0 Å². The molecule has 0 rings (SSSR count). The van der Waals surface area contributed by atoms with Crippen molar-refractivity contribution < 1.29 is 19.2 Å². The average molecular weight is 458 g/mol. The van der Waals surface area contributed by atoms with Gasteiger partial charge in [-0.1, -0.05) is 74.1 Å². The summed E-state index contributed by atoms with van der Waals surface area (Å²) in [6.45, 7) is 18.4. The Hall–Kier alpha value is -1.76. The number of hydrogen-bond acceptors (Lipinski definition) is 5. The van der Waals surface area contributed by atoms with E-state index in [2.05, 4.69) is 24.5 Å². The zero-order valence-corrected chi connectivity index (χ0v) is 22.0. The molecule has 0 spiro atoms. The highest BCUT2D eigenvalue weighted by Gasteiger charge is 2.31. The fraction of sp³-hybridized carbons (Fsp3) is 0.840. The number of Topliss-reactive ketones (excluding diaryl/α,β-unsaturated/α-hetero) is 1. The van der Waals surface area contributed by atoms with Gasteiger partial charge in [0, 0.05) is 31.3 Å². The molecule has 0 fully saturated rings. The highest BCUT2D eigenvalue weighted by Crippen LogP contribution is 2.23. The molecule has 0 bridgehead atoms. The van der Waals surface area contributed by atoms with Crippen LogP contribution >= 0.6 is 0 Å². The summed E-state index contributed by atoms with van der Waals surface area (Å²) in [5, 5.41) is 5.83. The fourth-order valence-electron chi connectivity index (χ4n) is 3.12. The van der Waals surface area contributed by atoms with E-state index in [1.54, 1.807) is 0 Å². The van der Waals surface area contributed by atoms with Gasteiger partial charge in [0.05, 0.1) is 6.04 Å². The monoisotopic (exact) mass is 457 g/mol. The summed E-state index contributed by atoms with van der Waals surface area (Å²) in [5.41, 5.74) is 5.77. The molecule has 4 N–H and O–H groups in total. The number of amides is 2. The standard InChI is InChI=1S/C22H43N3O3.C2H6.CH2O/c1-7-10-12-16(14-18(26)20(23)22(4,5)6)21(28)25-17(13-11-8-2)15-19(27)24-9-3;2*1-2/h16-17,20H,7-15,23H2,1-6H3,(H,24,27)(H,25,28);1-2H3;1H2/t16-,17?,20-;;/m1../s1. The molecule has 0 saturated heterocycles. The van der Waals surface area contributed by atoms with E-state index in [4.69, 9.17) is 10.5 Å². The molecule has 1 unspecified atom stereocenters. The number of carbonyl (C=O) groups is 4. The predicted molar refractivity (Wildman–Crippen MR) is 133 cm³/mol. The van der Waals surface area contributed by atoms with Crippen LogP contribution < -0.4 is 16.4 Å². The first-order valence-corrected chi connectivity index (χ1v) is 12.2. The molecular formula is C25H51N3O4. The lowest BCUT2D eigenvalue weighted by atomic mass is 9.81. The maximum atomic E-state index is 12.9. The third-order valence-electron chi connectivity index (χ3n) is 5.06. The van der Waals surface area contributed by atoms with Crippen LogP contribution in [0.4, 0.5) is 0 Å². The van der Waals surface area contributed by atoms with Crippen LogP contribution in [0.25, 0.3) is 0 Å². The first kappa shape index (κ1) is 34.8. The molecule has 3 atom stereocenters. The fourth-order valence-corrected chi connectivity index (χ4v) is 3.12. The average Bonchev–Trinajstić information content (AvgIpc) is 2.76. The quantitative estimate of drug-likeness (QED) is 0.362. The van der Waals surface area contributed by atoms with Crippen molar-refractivity contribution in [1.29, 1.82) is 0 Å². The third-order valence-corrected chi connectivity index (χ3v) is 5.06. The third kappa shape index (κ3) is 16.9. The van der Waals surface area contributed by atoms with E-state index in [0.29, 0.717) is 13.0 Å². The van der Waals surface area contributed by atoms with Gasteiger partial charge in [0.25, 0.3) is 0 Å². The van der Waals surface area contributed by atoms with Crippen LogP contribution in [0.15, 0.2) is 0 Å². The first-order valence-electron chi connectivity index (χ1n) is 12.2. The zero-order chi connectivity index (χ0) is 25.7. The molecule has 2 amide bonds. The Morgan fingerprint density at radius 2 is 1.41 bits per heavy atom. The van der Waals surface area contributed by atoms with Crippen molar-refractivity contribution in [1.82, 2.24) is 10.6 Å². The maximum absolute atomic E-state index is 12.9. The molecular weight excluding hydrogens is 406 g/mol. The summed E-state index contributed by atoms with van der Waals surface area (Å²) < 4.78 is 0. The summed E-state index contributed by atoms with van der Waals surface area (Å²) in [4.78, 5) is 45.5. The molecule has 0 aliphatic rings. The Bertz CT molecular complexity index is 504. The molecule has 0 aromatic rings. The molecule has 0 saturated carbocycles. The maximum Gasteiger partial charge on any atom is 0.223 e. The van der Waals surface area contributed by atoms with Gasteiger partial charge in [0.15, 0.2) is 5.78 Å². The van der Waals surface area contributed by atoms with E-state index in [1.165, 1.54) is 0 Å². The summed E-state index contributed by atoms with van der Waals surface area (Å²) in [5.74, 6) is -0.648. The molecule has 0 aromatic carbocycles. The van der Waals surface area contributed by atoms with Crippen molar-refractivity contribution in [3.63, 3.8) is 0 Å². The first-order chi connectivity index (χ1) is 15.1. The molecule has 7 heteroatoms. The highest BCUT2D eigenvalue weighted by molar-refractivity contribution is 5.90. The van der Waals surface area contributed by atoms with Crippen molar-refractivity contribution in [3.8, 4) is 0 Å². The van der Waals surface area contributed by atoms with E-state index in [-0.39, 0.29) is 47.8 Å². The minimum Gasteiger partial charge on any atom is -0.356 e. The van der Waals surface area contributed by atoms with E-state index >= 15 is 0 Å². The summed E-state index contributed by atoms with van der Waals surface area (Å²) in [7, 11) is 0. The molecule has 0 aliphatic heterocycles. The Labute approximate surface area is 197 Å². The number of nitrogens with two attached hydrogens (primary N) is 1. The number of rotatable bonds is 14. The van der Waals surface area contributed by atoms with Crippen LogP contribution in [-0.4, -0.2) is 43.0 Å². The van der Waals surface area contributed by atoms with Gasteiger partial charge < -0.3 is 21.2 Å². The minimum absolute atomic E-state index is 0.0557. The van der Waals surface area contributed by atoms with Crippen LogP contribution in [0.3, 0.4) is 0 Å². The number of nitrogens with one attached hydrogen (secondary N) is 2. The van der Waals surface area contributed by atoms with Gasteiger partial charge in [-0.2, -0.15) is 0 Å². The summed E-state index contributed by atoms with van der Waals surface area (Å²) in [6.07, 6.45) is 5.63. The zero-order valence-electron chi connectivity index (χ0n) is 22.0. The summed E-state index contributed by atoms with van der Waals surface area (Å²) in [6, 6.07) is -0.787. The van der Waals surface area contributed by atoms with Gasteiger partial charge >= 0.3 is 0 Å². The van der Waals surface area contributed by atoms with Gasteiger partial charge in [-0.05, 0) is 25.2 Å². The van der Waals surface area contributed by atoms with Crippen molar-refractivity contribution in [3.05, 3.63) is 0 Å². The van der Waals surface area contributed by atoms with Crippen molar-refractivity contribution in [2.45, 2.75) is 119 Å². The van der Waals surface area contributed by atoms with Gasteiger partial charge in [-0.3, -0.25) is 14.4 Å². The number of carbonyl (C=O) groups excluding carboxylic acids is 4. The van der Waals surface area contributed by atoms with Crippen LogP contribution in [-0.2, 0) is 19.2 Å². The number of unbranched alkanes of at least 4 members (excludes halogenated alkanes) is 2. The largest absolute Gasteiger partial charge is 0.356 e. The number of hydrogen-bond donors (Lipinski definition) is 3. The number of ketones is 1. The second-order valence-corrected chi connectivity index (χ2v) is 8.86. The van der Waals surface area contributed by atoms with E-state index in [0.717, 1.165) is 32.1 Å². The Morgan fingerprint density at radius 1 is 0.906 bits per heavy atom. The lowest BCUT2D eigenvalue weighted by Crippen LogP contribution is -2.46. The van der Waals surface area contributed by atoms with Gasteiger partial charge in [-0.25, -0.2) is 0 Å². The van der Waals surface area contributed by atoms with E-state index in [9.17, 15) is 14.4 Å². The van der Waals surface area contributed by atoms with Gasteiger partial charge in [-0.15, -0.1) is 0 Å². The second kappa shape index (κ2) is 21.1. The van der Waals surface area contributed by atoms with Crippen molar-refractivity contribution >= 4 is 24.4 Å². The highest BCUT2D eigenvalue weighted by atomic mass is 16.2. The molecule has 7 nitrogen and oxygen atoms in total. The molecule has 0 aromatic heterocycles. The predicted octanol–water partition coefficient (Wildman–Crippen LogP) is 4.17. The SMILES string of the molecule is C=O.CC.CCCCC(CC(=O)NCC)NC(=O)[C@H](CCCC)CC(=O)[C@@H](N)C(C)(C)C. The second-order valence-electron chi connectivity index (χ2n) is 8.86. The topological polar surface area (TPSA) is 118 Å². The van der Waals surface area contributed by atoms with Gasteiger partial charge in [0.1, 0.15) is 6.79 Å². The molecule has 0 aliphatic carbocycles. The smallest absolute Gasteiger partial charge is 0.223 e. The van der Waals surface area contributed by atoms with Crippen LogP contribution in [0.5, 0.6) is 0 Å². The van der Waals surface area contributed by atoms with Crippen molar-refractivity contribution in [2.24, 2.45) is 17.1 Å². The Balaban J connectivity index is -0.00000198. The van der Waals surface area contributed by atoms with E-state index < -0.39 is 6.04 Å². The lowest BCUT2D eigenvalue weighted by Gasteiger charge is -2.28. The van der Waals surface area contributed by atoms with Crippen LogP contribution in [0, 0.1) is 11.3 Å². The van der Waals surface area contributed by atoms with Crippen LogP contribution in [0.1, 0.15) is 107 Å². The Kier molecular flexibility index (Phi) is 23.0. The van der Waals surface area contributed by atoms with Crippen molar-refractivity contribution in [2.75, 3.05) is 6.54 Å². The molecule has 190 valence electrons. The Morgan fingerprint density at radius 3 is 1.84 bits per heavy atom. The molecule has 32 heavy (non-hydrogen) atoms.